The van der Waals surface area contributed by atoms with Gasteiger partial charge in [-0.3, -0.25) is 5.10 Å². The summed E-state index contributed by atoms with van der Waals surface area (Å²) in [5.74, 6) is 2.96. The van der Waals surface area contributed by atoms with Crippen LogP contribution in [0, 0.1) is 23.2 Å². The summed E-state index contributed by atoms with van der Waals surface area (Å²) >= 11 is 0. The summed E-state index contributed by atoms with van der Waals surface area (Å²) in [7, 11) is 1.66. The molecular formula is C21H25N5O. The zero-order valence-electron chi connectivity index (χ0n) is 16.0. The lowest BCUT2D eigenvalue weighted by atomic mass is 9.78. The molecule has 6 nitrogen and oxygen atoms in total. The number of hydrogen-bond acceptors (Lipinski definition) is 4. The smallest absolute Gasteiger partial charge is 0.173 e. The first kappa shape index (κ1) is 17.5. The molecule has 2 N–H and O–H groups in total. The van der Waals surface area contributed by atoms with Crippen LogP contribution in [0.1, 0.15) is 38.7 Å². The lowest BCUT2D eigenvalue weighted by Crippen LogP contribution is -2.35. The molecule has 3 atom stereocenters. The molecule has 1 aliphatic rings. The molecule has 0 amide bonds. The van der Waals surface area contributed by atoms with Crippen molar-refractivity contribution in [1.82, 2.24) is 14.6 Å². The normalized spacial score (nSPS) is 22.5. The molecule has 27 heavy (non-hydrogen) atoms. The predicted molar refractivity (Wildman–Crippen MR) is 106 cm³/mol. The van der Waals surface area contributed by atoms with Crippen molar-refractivity contribution in [2.45, 2.75) is 39.2 Å². The minimum Gasteiger partial charge on any atom is -0.497 e. The molecule has 0 saturated heterocycles. The first-order valence-corrected chi connectivity index (χ1v) is 9.53. The van der Waals surface area contributed by atoms with Crippen molar-refractivity contribution in [1.29, 1.82) is 5.26 Å². The van der Waals surface area contributed by atoms with Crippen LogP contribution in [0.25, 0.3) is 16.9 Å². The largest absolute Gasteiger partial charge is 0.497 e. The SMILES string of the molecule is COc1cccc(-c2nc3c(C#N)c[nH]n3c2N[C@@H]2CCC[C@@H](C)[C@H]2C)c1. The molecule has 0 aliphatic heterocycles. The van der Waals surface area contributed by atoms with E-state index in [0.29, 0.717) is 29.1 Å². The van der Waals surface area contributed by atoms with Crippen molar-refractivity contribution in [3.63, 3.8) is 0 Å². The Morgan fingerprint density at radius 2 is 2.19 bits per heavy atom. The summed E-state index contributed by atoms with van der Waals surface area (Å²) < 4.78 is 7.27. The molecule has 0 bridgehead atoms. The van der Waals surface area contributed by atoms with Gasteiger partial charge < -0.3 is 10.1 Å². The van der Waals surface area contributed by atoms with Gasteiger partial charge >= 0.3 is 0 Å². The fourth-order valence-corrected chi connectivity index (χ4v) is 4.07. The molecule has 1 aromatic carbocycles. The number of rotatable bonds is 4. The van der Waals surface area contributed by atoms with Crippen LogP contribution < -0.4 is 10.1 Å². The molecule has 6 heteroatoms. The summed E-state index contributed by atoms with van der Waals surface area (Å²) in [5.41, 5.74) is 2.99. The maximum atomic E-state index is 9.41. The summed E-state index contributed by atoms with van der Waals surface area (Å²) in [6, 6.07) is 10.5. The number of nitrogens with one attached hydrogen (secondary N) is 2. The van der Waals surface area contributed by atoms with Crippen LogP contribution >= 0.6 is 0 Å². The quantitative estimate of drug-likeness (QED) is 0.718. The Labute approximate surface area is 159 Å². The first-order chi connectivity index (χ1) is 13.1. The topological polar surface area (TPSA) is 78.1 Å². The van der Waals surface area contributed by atoms with Crippen molar-refractivity contribution in [2.24, 2.45) is 11.8 Å². The molecule has 140 valence electrons. The fourth-order valence-electron chi connectivity index (χ4n) is 4.07. The van der Waals surface area contributed by atoms with E-state index in [0.717, 1.165) is 29.2 Å². The molecule has 1 fully saturated rings. The van der Waals surface area contributed by atoms with Gasteiger partial charge in [0.25, 0.3) is 0 Å². The van der Waals surface area contributed by atoms with Crippen molar-refractivity contribution in [3.05, 3.63) is 36.0 Å². The first-order valence-electron chi connectivity index (χ1n) is 9.53. The van der Waals surface area contributed by atoms with Gasteiger partial charge in [0.2, 0.25) is 0 Å². The average molecular weight is 363 g/mol. The van der Waals surface area contributed by atoms with Gasteiger partial charge in [-0.15, -0.1) is 0 Å². The highest BCUT2D eigenvalue weighted by atomic mass is 16.5. The van der Waals surface area contributed by atoms with E-state index < -0.39 is 0 Å². The molecule has 2 heterocycles. The molecule has 4 rings (SSSR count). The van der Waals surface area contributed by atoms with E-state index in [4.69, 9.17) is 9.72 Å². The number of methoxy groups -OCH3 is 1. The second-order valence-electron chi connectivity index (χ2n) is 7.52. The van der Waals surface area contributed by atoms with E-state index in [2.05, 4.69) is 30.3 Å². The standard InChI is InChI=1S/C21H25N5O/c1-13-6-4-9-18(14(13)2)24-21-19(15-7-5-8-17(10-15)27-3)25-20-16(11-22)12-23-26(20)21/h5,7-8,10,12-14,18,23-24H,4,6,9H2,1-3H3/t13-,14-,18-/m1/s1. The summed E-state index contributed by atoms with van der Waals surface area (Å²) in [6.07, 6.45) is 5.36. The van der Waals surface area contributed by atoms with Crippen LogP contribution in [0.4, 0.5) is 5.82 Å². The van der Waals surface area contributed by atoms with Crippen LogP contribution in [0.15, 0.2) is 30.5 Å². The summed E-state index contributed by atoms with van der Waals surface area (Å²) in [4.78, 5) is 4.79. The molecule has 0 radical (unpaired) electrons. The van der Waals surface area contributed by atoms with Gasteiger partial charge in [-0.1, -0.05) is 38.8 Å². The Kier molecular flexibility index (Phi) is 4.53. The van der Waals surface area contributed by atoms with Crippen molar-refractivity contribution < 1.29 is 4.74 Å². The zero-order chi connectivity index (χ0) is 19.0. The predicted octanol–water partition coefficient (Wildman–Crippen LogP) is 4.45. The molecule has 3 aromatic rings. The zero-order valence-corrected chi connectivity index (χ0v) is 16.0. The van der Waals surface area contributed by atoms with E-state index in [-0.39, 0.29) is 0 Å². The van der Waals surface area contributed by atoms with Crippen molar-refractivity contribution in [3.8, 4) is 23.1 Å². The monoisotopic (exact) mass is 363 g/mol. The van der Waals surface area contributed by atoms with E-state index in [1.165, 1.54) is 12.8 Å². The maximum absolute atomic E-state index is 9.41. The number of benzene rings is 1. The third-order valence-corrected chi connectivity index (χ3v) is 5.95. The number of anilines is 1. The van der Waals surface area contributed by atoms with E-state index in [1.807, 2.05) is 28.8 Å². The highest BCUT2D eigenvalue weighted by Crippen LogP contribution is 2.36. The number of imidazole rings is 1. The minimum atomic E-state index is 0.381. The van der Waals surface area contributed by atoms with Gasteiger partial charge in [-0.25, -0.2) is 9.50 Å². The van der Waals surface area contributed by atoms with Gasteiger partial charge in [-0.05, 0) is 30.4 Å². The van der Waals surface area contributed by atoms with Gasteiger partial charge in [-0.2, -0.15) is 5.26 Å². The van der Waals surface area contributed by atoms with Gasteiger partial charge in [0, 0.05) is 17.8 Å². The molecule has 1 aliphatic carbocycles. The number of hydrogen-bond donors (Lipinski definition) is 2. The van der Waals surface area contributed by atoms with Gasteiger partial charge in [0.15, 0.2) is 11.5 Å². The number of aromatic amines is 1. The average Bonchev–Trinajstić information content (AvgIpc) is 3.25. The van der Waals surface area contributed by atoms with Gasteiger partial charge in [0.05, 0.1) is 7.11 Å². The molecule has 1 saturated carbocycles. The second kappa shape index (κ2) is 6.99. The fraction of sp³-hybridized carbons (Fsp3) is 0.429. The molecule has 2 aromatic heterocycles. The molecular weight excluding hydrogens is 338 g/mol. The van der Waals surface area contributed by atoms with Crippen LogP contribution in [0.5, 0.6) is 5.75 Å². The lowest BCUT2D eigenvalue weighted by Gasteiger charge is -2.35. The van der Waals surface area contributed by atoms with E-state index >= 15 is 0 Å². The van der Waals surface area contributed by atoms with Crippen LogP contribution in [-0.4, -0.2) is 27.7 Å². The third kappa shape index (κ3) is 3.03. The highest BCUT2D eigenvalue weighted by Gasteiger charge is 2.29. The Morgan fingerprint density at radius 1 is 1.33 bits per heavy atom. The summed E-state index contributed by atoms with van der Waals surface area (Å²) in [6.45, 7) is 4.65. The minimum absolute atomic E-state index is 0.381. The summed E-state index contributed by atoms with van der Waals surface area (Å²) in [5, 5.41) is 16.3. The Hall–Kier alpha value is -2.94. The van der Waals surface area contributed by atoms with E-state index in [9.17, 15) is 5.26 Å². The van der Waals surface area contributed by atoms with Crippen LogP contribution in [0.2, 0.25) is 0 Å². The number of nitrogens with zero attached hydrogens (tertiary/aromatic N) is 3. The van der Waals surface area contributed by atoms with Crippen LogP contribution in [0.3, 0.4) is 0 Å². The molecule has 0 unspecified atom stereocenters. The van der Waals surface area contributed by atoms with Crippen molar-refractivity contribution in [2.75, 3.05) is 12.4 Å². The van der Waals surface area contributed by atoms with Gasteiger partial charge in [0.1, 0.15) is 23.1 Å². The Morgan fingerprint density at radius 3 is 2.96 bits per heavy atom. The number of nitriles is 1. The van der Waals surface area contributed by atoms with E-state index in [1.54, 1.807) is 13.3 Å². The lowest BCUT2D eigenvalue weighted by molar-refractivity contribution is 0.252. The maximum Gasteiger partial charge on any atom is 0.173 e. The Balaban J connectivity index is 1.82. The van der Waals surface area contributed by atoms with Crippen LogP contribution in [-0.2, 0) is 0 Å². The number of aromatic nitrogens is 3. The number of H-pyrrole nitrogens is 1. The van der Waals surface area contributed by atoms with Crippen molar-refractivity contribution >= 4 is 11.5 Å². The molecule has 0 spiro atoms. The second-order valence-corrected chi connectivity index (χ2v) is 7.52. The number of fused-ring (bicyclic) bond motifs is 1. The highest BCUT2D eigenvalue weighted by molar-refractivity contribution is 5.78. The Bertz CT molecular complexity index is 996. The third-order valence-electron chi connectivity index (χ3n) is 5.95. The number of ether oxygens (including phenoxy) is 1.